The van der Waals surface area contributed by atoms with Gasteiger partial charge in [-0.05, 0) is 12.5 Å². The first-order valence-electron chi connectivity index (χ1n) is 8.37. The van der Waals surface area contributed by atoms with E-state index in [1.807, 2.05) is 6.07 Å². The van der Waals surface area contributed by atoms with Crippen molar-refractivity contribution in [1.82, 2.24) is 5.32 Å². The van der Waals surface area contributed by atoms with Gasteiger partial charge in [0.1, 0.15) is 6.61 Å². The van der Waals surface area contributed by atoms with Crippen molar-refractivity contribution in [2.75, 3.05) is 6.61 Å². The van der Waals surface area contributed by atoms with Crippen molar-refractivity contribution < 1.29 is 29.0 Å². The second-order valence-electron chi connectivity index (χ2n) is 5.82. The molecule has 0 fully saturated rings. The predicted molar refractivity (Wildman–Crippen MR) is 97.0 cm³/mol. The van der Waals surface area contributed by atoms with Gasteiger partial charge in [0.15, 0.2) is 18.4 Å². The molecule has 2 atom stereocenters. The molecule has 0 radical (unpaired) electrons. The maximum absolute atomic E-state index is 12.1. The van der Waals surface area contributed by atoms with Crippen LogP contribution in [0.3, 0.4) is 0 Å². The Kier molecular flexibility index (Phi) is 7.51. The van der Waals surface area contributed by atoms with Crippen molar-refractivity contribution in [2.45, 2.75) is 25.7 Å². The number of nitrogens with one attached hydrogen (secondary N) is 1. The highest BCUT2D eigenvalue weighted by molar-refractivity contribution is 5.98. The van der Waals surface area contributed by atoms with E-state index < -0.39 is 30.8 Å². The number of rotatable bonds is 8. The van der Waals surface area contributed by atoms with E-state index in [-0.39, 0.29) is 12.4 Å². The molecule has 2 aromatic carbocycles. The van der Waals surface area contributed by atoms with Crippen LogP contribution in [0, 0.1) is 0 Å². The maximum atomic E-state index is 12.1. The number of aliphatic hydroxyl groups excluding tert-OH is 1. The molecule has 27 heavy (non-hydrogen) atoms. The Morgan fingerprint density at radius 1 is 0.963 bits per heavy atom. The van der Waals surface area contributed by atoms with Crippen LogP contribution in [0.15, 0.2) is 60.7 Å². The zero-order valence-corrected chi connectivity index (χ0v) is 14.8. The van der Waals surface area contributed by atoms with Crippen LogP contribution in [0.1, 0.15) is 22.8 Å². The van der Waals surface area contributed by atoms with E-state index in [2.05, 4.69) is 5.32 Å². The number of hydrogen-bond acceptors (Lipinski definition) is 6. The van der Waals surface area contributed by atoms with Gasteiger partial charge in [0.05, 0.1) is 6.10 Å². The van der Waals surface area contributed by atoms with Gasteiger partial charge in [0, 0.05) is 5.56 Å². The molecule has 2 N–H and O–H groups in total. The van der Waals surface area contributed by atoms with Gasteiger partial charge in [-0.15, -0.1) is 0 Å². The van der Waals surface area contributed by atoms with Gasteiger partial charge in [-0.2, -0.15) is 0 Å². The first-order chi connectivity index (χ1) is 13.0. The summed E-state index contributed by atoms with van der Waals surface area (Å²) in [6, 6.07) is 16.0. The number of benzene rings is 2. The molecular formula is C20H21NO6. The quantitative estimate of drug-likeness (QED) is 0.544. The lowest BCUT2D eigenvalue weighted by Crippen LogP contribution is -2.49. The Hall–Kier alpha value is -3.19. The first-order valence-corrected chi connectivity index (χ1v) is 8.37. The maximum Gasteiger partial charge on any atom is 0.408 e. The molecule has 0 unspecified atom stereocenters. The summed E-state index contributed by atoms with van der Waals surface area (Å²) >= 11 is 0. The second-order valence-corrected chi connectivity index (χ2v) is 5.82. The Morgan fingerprint density at radius 2 is 1.56 bits per heavy atom. The van der Waals surface area contributed by atoms with E-state index in [1.54, 1.807) is 54.6 Å². The molecule has 1 amide bonds. The highest BCUT2D eigenvalue weighted by Crippen LogP contribution is 2.04. The van der Waals surface area contributed by atoms with Gasteiger partial charge in [-0.25, -0.2) is 9.59 Å². The third-order valence-electron chi connectivity index (χ3n) is 3.66. The average Bonchev–Trinajstić information content (AvgIpc) is 2.69. The SMILES string of the molecule is C[C@@H](O)[C@H](NC(=O)OCc1ccccc1)C(=O)OCC(=O)c1ccccc1. The highest BCUT2D eigenvalue weighted by atomic mass is 16.6. The molecule has 0 aliphatic rings. The number of carbonyl (C=O) groups is 3. The fraction of sp³-hybridized carbons (Fsp3) is 0.250. The normalized spacial score (nSPS) is 12.5. The third-order valence-corrected chi connectivity index (χ3v) is 3.66. The number of carbonyl (C=O) groups excluding carboxylic acids is 3. The van der Waals surface area contributed by atoms with E-state index >= 15 is 0 Å². The van der Waals surface area contributed by atoms with Crippen molar-refractivity contribution in [3.63, 3.8) is 0 Å². The van der Waals surface area contributed by atoms with Gasteiger partial charge in [0.25, 0.3) is 0 Å². The highest BCUT2D eigenvalue weighted by Gasteiger charge is 2.28. The Bertz CT molecular complexity index is 761. The fourth-order valence-corrected chi connectivity index (χ4v) is 2.20. The first kappa shape index (κ1) is 20.1. The van der Waals surface area contributed by atoms with Gasteiger partial charge >= 0.3 is 12.1 Å². The molecule has 0 spiro atoms. The molecule has 0 bridgehead atoms. The summed E-state index contributed by atoms with van der Waals surface area (Å²) in [6.45, 7) is 0.843. The zero-order chi connectivity index (χ0) is 19.6. The molecule has 0 aliphatic carbocycles. The van der Waals surface area contributed by atoms with Crippen LogP contribution in [0.5, 0.6) is 0 Å². The van der Waals surface area contributed by atoms with Gasteiger partial charge in [0.2, 0.25) is 0 Å². The van der Waals surface area contributed by atoms with E-state index in [1.165, 1.54) is 6.92 Å². The summed E-state index contributed by atoms with van der Waals surface area (Å²) in [5.74, 6) is -1.31. The molecule has 0 aromatic heterocycles. The molecule has 2 aromatic rings. The standard InChI is InChI=1S/C20H21NO6/c1-14(22)18(21-20(25)27-12-15-8-4-2-5-9-15)19(24)26-13-17(23)16-10-6-3-7-11-16/h2-11,14,18,22H,12-13H2,1H3,(H,21,25)/t14-,18+/m1/s1. The molecule has 0 saturated heterocycles. The van der Waals surface area contributed by atoms with E-state index in [0.29, 0.717) is 5.56 Å². The summed E-state index contributed by atoms with van der Waals surface area (Å²) < 4.78 is 9.94. The van der Waals surface area contributed by atoms with Gasteiger partial charge < -0.3 is 19.9 Å². The number of Topliss-reactive ketones (excluding diaryl/α,β-unsaturated/α-hetero) is 1. The average molecular weight is 371 g/mol. The van der Waals surface area contributed by atoms with Crippen molar-refractivity contribution in [3.8, 4) is 0 Å². The lowest BCUT2D eigenvalue weighted by molar-refractivity contribution is -0.147. The summed E-state index contributed by atoms with van der Waals surface area (Å²) in [4.78, 5) is 36.0. The monoisotopic (exact) mass is 371 g/mol. The molecular weight excluding hydrogens is 350 g/mol. The van der Waals surface area contributed by atoms with Crippen molar-refractivity contribution in [3.05, 3.63) is 71.8 Å². The number of ketones is 1. The van der Waals surface area contributed by atoms with E-state index in [0.717, 1.165) is 5.56 Å². The number of hydrogen-bond donors (Lipinski definition) is 2. The Balaban J connectivity index is 1.85. The van der Waals surface area contributed by atoms with Crippen LogP contribution in [-0.2, 0) is 20.9 Å². The molecule has 0 saturated carbocycles. The minimum atomic E-state index is -1.35. The number of esters is 1. The van der Waals surface area contributed by atoms with Crippen molar-refractivity contribution in [2.24, 2.45) is 0 Å². The summed E-state index contributed by atoms with van der Waals surface area (Å²) in [7, 11) is 0. The van der Waals surface area contributed by atoms with Gasteiger partial charge in [-0.3, -0.25) is 4.79 Å². The lowest BCUT2D eigenvalue weighted by atomic mass is 10.1. The minimum Gasteiger partial charge on any atom is -0.456 e. The van der Waals surface area contributed by atoms with Crippen LogP contribution in [0.2, 0.25) is 0 Å². The largest absolute Gasteiger partial charge is 0.456 e. The summed E-state index contributed by atoms with van der Waals surface area (Å²) in [5, 5.41) is 12.0. The number of amides is 1. The fourth-order valence-electron chi connectivity index (χ4n) is 2.20. The number of aliphatic hydroxyl groups is 1. The smallest absolute Gasteiger partial charge is 0.408 e. The third kappa shape index (κ3) is 6.56. The van der Waals surface area contributed by atoms with Crippen LogP contribution in [-0.4, -0.2) is 41.7 Å². The molecule has 142 valence electrons. The predicted octanol–water partition coefficient (Wildman–Crippen LogP) is 2.09. The van der Waals surface area contributed by atoms with Crippen molar-refractivity contribution in [1.29, 1.82) is 0 Å². The molecule has 2 rings (SSSR count). The minimum absolute atomic E-state index is 0.0146. The van der Waals surface area contributed by atoms with Crippen molar-refractivity contribution >= 4 is 17.8 Å². The topological polar surface area (TPSA) is 102 Å². The Morgan fingerprint density at radius 3 is 2.15 bits per heavy atom. The van der Waals surface area contributed by atoms with Crippen LogP contribution in [0.25, 0.3) is 0 Å². The number of ether oxygens (including phenoxy) is 2. The zero-order valence-electron chi connectivity index (χ0n) is 14.8. The van der Waals surface area contributed by atoms with E-state index in [4.69, 9.17) is 9.47 Å². The van der Waals surface area contributed by atoms with Crippen LogP contribution >= 0.6 is 0 Å². The molecule has 7 heteroatoms. The summed E-state index contributed by atoms with van der Waals surface area (Å²) in [5.41, 5.74) is 1.17. The molecule has 0 heterocycles. The van der Waals surface area contributed by atoms with Crippen LogP contribution in [0.4, 0.5) is 4.79 Å². The molecule has 0 aliphatic heterocycles. The van der Waals surface area contributed by atoms with Gasteiger partial charge in [-0.1, -0.05) is 60.7 Å². The van der Waals surface area contributed by atoms with E-state index in [9.17, 15) is 19.5 Å². The lowest BCUT2D eigenvalue weighted by Gasteiger charge is -2.19. The molecule has 7 nitrogen and oxygen atoms in total. The Labute approximate surface area is 156 Å². The summed E-state index contributed by atoms with van der Waals surface area (Å²) in [6.07, 6.45) is -2.11. The van der Waals surface area contributed by atoms with Crippen LogP contribution < -0.4 is 5.32 Å². The number of alkyl carbamates (subject to hydrolysis) is 1. The second kappa shape index (κ2) is 10.1.